The van der Waals surface area contributed by atoms with Crippen molar-refractivity contribution in [2.45, 2.75) is 6.54 Å². The molecule has 10 heavy (non-hydrogen) atoms. The van der Waals surface area contributed by atoms with Gasteiger partial charge >= 0.3 is 0 Å². The Morgan fingerprint density at radius 1 is 1.30 bits per heavy atom. The molecule has 1 nitrogen and oxygen atoms in total. The van der Waals surface area contributed by atoms with Crippen LogP contribution < -0.4 is 5.73 Å². The van der Waals surface area contributed by atoms with Gasteiger partial charge in [-0.25, -0.2) is 0 Å². The van der Waals surface area contributed by atoms with Crippen LogP contribution in [0, 0.1) is 12.3 Å². The number of rotatable bonds is 1. The molecule has 1 radical (unpaired) electrons. The highest BCUT2D eigenvalue weighted by Crippen LogP contribution is 2.01. The van der Waals surface area contributed by atoms with E-state index in [2.05, 4.69) is 5.92 Å². The fourth-order valence-electron chi connectivity index (χ4n) is 0.724. The molecule has 0 saturated heterocycles. The average Bonchev–Trinajstić information content (AvgIpc) is 2.05. The molecule has 0 fully saturated rings. The smallest absolute Gasteiger partial charge is 0.0255 e. The highest BCUT2D eigenvalue weighted by Gasteiger charge is 1.87. The van der Waals surface area contributed by atoms with Gasteiger partial charge in [0.15, 0.2) is 0 Å². The normalized spacial score (nSPS) is 8.80. The van der Waals surface area contributed by atoms with Crippen molar-refractivity contribution in [2.75, 3.05) is 0 Å². The quantitative estimate of drug-likeness (QED) is 0.566. The maximum absolute atomic E-state index is 6.79. The lowest BCUT2D eigenvalue weighted by Gasteiger charge is -1.94. The van der Waals surface area contributed by atoms with Crippen LogP contribution in [0.2, 0.25) is 0 Å². The van der Waals surface area contributed by atoms with Crippen LogP contribution in [0.25, 0.3) is 0 Å². The van der Waals surface area contributed by atoms with Gasteiger partial charge in [0.05, 0.1) is 0 Å². The van der Waals surface area contributed by atoms with Crippen molar-refractivity contribution in [3.8, 4) is 5.92 Å². The van der Waals surface area contributed by atoms with Gasteiger partial charge in [-0.15, -0.1) is 0 Å². The Labute approximate surface area is 60.9 Å². The number of hydrogen-bond donors (Lipinski definition) is 1. The first-order valence-corrected chi connectivity index (χ1v) is 3.08. The third kappa shape index (κ3) is 1.37. The summed E-state index contributed by atoms with van der Waals surface area (Å²) < 4.78 is 0. The predicted molar refractivity (Wildman–Crippen MR) is 40.6 cm³/mol. The van der Waals surface area contributed by atoms with Crippen LogP contribution in [0.1, 0.15) is 11.1 Å². The number of hydrogen-bond acceptors (Lipinski definition) is 1. The summed E-state index contributed by atoms with van der Waals surface area (Å²) in [5.74, 6) is 2.29. The van der Waals surface area contributed by atoms with Gasteiger partial charge in [0.25, 0.3) is 0 Å². The van der Waals surface area contributed by atoms with Gasteiger partial charge in [-0.05, 0) is 24.1 Å². The molecule has 0 aliphatic carbocycles. The van der Waals surface area contributed by atoms with Gasteiger partial charge in [-0.2, -0.15) is 0 Å². The Bertz CT molecular complexity index is 240. The van der Waals surface area contributed by atoms with Crippen molar-refractivity contribution in [2.24, 2.45) is 5.73 Å². The highest BCUT2D eigenvalue weighted by atomic mass is 14.5. The van der Waals surface area contributed by atoms with E-state index >= 15 is 0 Å². The molecule has 0 saturated carbocycles. The lowest BCUT2D eigenvalue weighted by Crippen LogP contribution is -1.94. The second-order valence-corrected chi connectivity index (χ2v) is 2.03. The van der Waals surface area contributed by atoms with E-state index in [0.29, 0.717) is 6.54 Å². The zero-order valence-electron chi connectivity index (χ0n) is 5.59. The van der Waals surface area contributed by atoms with Crippen molar-refractivity contribution in [3.05, 3.63) is 41.8 Å². The fraction of sp³-hybridized carbons (Fsp3) is 0.111. The predicted octanol–water partition coefficient (Wildman–Crippen LogP) is 1.08. The summed E-state index contributed by atoms with van der Waals surface area (Å²) in [5, 5.41) is 0. The van der Waals surface area contributed by atoms with E-state index in [9.17, 15) is 0 Å². The monoisotopic (exact) mass is 130 g/mol. The van der Waals surface area contributed by atoms with Crippen LogP contribution in [-0.2, 0) is 6.54 Å². The largest absolute Gasteiger partial charge is 0.326 e. The Hall–Kier alpha value is -1.26. The van der Waals surface area contributed by atoms with Crippen molar-refractivity contribution in [3.63, 3.8) is 0 Å². The molecule has 1 aromatic carbocycles. The molecular formula is C9H8N. The summed E-state index contributed by atoms with van der Waals surface area (Å²) in [5.41, 5.74) is 7.25. The molecule has 0 aliphatic rings. The minimum atomic E-state index is 0.554. The van der Waals surface area contributed by atoms with E-state index in [-0.39, 0.29) is 0 Å². The zero-order chi connectivity index (χ0) is 7.40. The summed E-state index contributed by atoms with van der Waals surface area (Å²) in [6.45, 7) is 0.554. The van der Waals surface area contributed by atoms with E-state index in [1.165, 1.54) is 0 Å². The summed E-state index contributed by atoms with van der Waals surface area (Å²) in [4.78, 5) is 0. The minimum absolute atomic E-state index is 0.554. The maximum Gasteiger partial charge on any atom is 0.0255 e. The van der Waals surface area contributed by atoms with Crippen LogP contribution in [0.4, 0.5) is 0 Å². The minimum Gasteiger partial charge on any atom is -0.326 e. The maximum atomic E-state index is 6.79. The van der Waals surface area contributed by atoms with E-state index < -0.39 is 0 Å². The van der Waals surface area contributed by atoms with Gasteiger partial charge in [-0.1, -0.05) is 18.1 Å². The highest BCUT2D eigenvalue weighted by molar-refractivity contribution is 5.32. The molecule has 2 N–H and O–H groups in total. The molecule has 0 bridgehead atoms. The van der Waals surface area contributed by atoms with Gasteiger partial charge < -0.3 is 5.73 Å². The molecule has 0 unspecified atom stereocenters. The summed E-state index contributed by atoms with van der Waals surface area (Å²) >= 11 is 0. The third-order valence-corrected chi connectivity index (χ3v) is 1.33. The first-order valence-electron chi connectivity index (χ1n) is 3.08. The molecule has 1 rings (SSSR count). The van der Waals surface area contributed by atoms with Gasteiger partial charge in [-0.3, -0.25) is 0 Å². The van der Waals surface area contributed by atoms with E-state index in [4.69, 9.17) is 12.2 Å². The van der Waals surface area contributed by atoms with Crippen LogP contribution in [0.15, 0.2) is 24.3 Å². The van der Waals surface area contributed by atoms with E-state index in [1.807, 2.05) is 24.3 Å². The second-order valence-electron chi connectivity index (χ2n) is 2.03. The van der Waals surface area contributed by atoms with Crippen molar-refractivity contribution in [1.29, 1.82) is 0 Å². The van der Waals surface area contributed by atoms with Gasteiger partial charge in [0, 0.05) is 12.1 Å². The number of benzene rings is 1. The van der Waals surface area contributed by atoms with Crippen molar-refractivity contribution in [1.82, 2.24) is 0 Å². The molecule has 1 heteroatoms. The molecule has 0 heterocycles. The molecule has 0 aliphatic heterocycles. The van der Waals surface area contributed by atoms with E-state index in [0.717, 1.165) is 11.1 Å². The summed E-state index contributed by atoms with van der Waals surface area (Å²) in [6, 6.07) is 7.46. The standard InChI is InChI=1S/C9H8N/c1-2-8-3-5-9(7-10)6-4-8/h3-6H,7,10H2. The SMILES string of the molecule is [C]#Cc1ccc(CN)cc1. The first kappa shape index (κ1) is 6.85. The van der Waals surface area contributed by atoms with Crippen LogP contribution >= 0.6 is 0 Å². The van der Waals surface area contributed by atoms with Gasteiger partial charge in [0.1, 0.15) is 0 Å². The molecule has 49 valence electrons. The van der Waals surface area contributed by atoms with Gasteiger partial charge in [0.2, 0.25) is 0 Å². The first-order chi connectivity index (χ1) is 4.86. The van der Waals surface area contributed by atoms with E-state index in [1.54, 1.807) is 0 Å². The summed E-state index contributed by atoms with van der Waals surface area (Å²) in [6.07, 6.45) is 6.79. The molecule has 0 atom stereocenters. The Kier molecular flexibility index (Phi) is 2.09. The van der Waals surface area contributed by atoms with Crippen LogP contribution in [-0.4, -0.2) is 0 Å². The van der Waals surface area contributed by atoms with Crippen molar-refractivity contribution >= 4 is 0 Å². The fourth-order valence-corrected chi connectivity index (χ4v) is 0.724. The lowest BCUT2D eigenvalue weighted by atomic mass is 10.1. The molecule has 1 aromatic rings. The molecule has 0 aromatic heterocycles. The Morgan fingerprint density at radius 2 is 1.90 bits per heavy atom. The molecule has 0 amide bonds. The third-order valence-electron chi connectivity index (χ3n) is 1.33. The second kappa shape index (κ2) is 3.05. The Morgan fingerprint density at radius 3 is 2.30 bits per heavy atom. The topological polar surface area (TPSA) is 26.0 Å². The lowest BCUT2D eigenvalue weighted by molar-refractivity contribution is 1.07. The molecular weight excluding hydrogens is 122 g/mol. The average molecular weight is 130 g/mol. The van der Waals surface area contributed by atoms with Crippen LogP contribution in [0.3, 0.4) is 0 Å². The van der Waals surface area contributed by atoms with Crippen molar-refractivity contribution < 1.29 is 0 Å². The Balaban J connectivity index is 2.93. The van der Waals surface area contributed by atoms with Crippen LogP contribution in [0.5, 0.6) is 0 Å². The zero-order valence-corrected chi connectivity index (χ0v) is 5.59. The molecule has 0 spiro atoms. The number of nitrogens with two attached hydrogens (primary N) is 1. The summed E-state index contributed by atoms with van der Waals surface area (Å²) in [7, 11) is 0.